The van der Waals surface area contributed by atoms with Crippen LogP contribution in [0.4, 0.5) is 17.6 Å². The maximum atomic E-state index is 13.4. The normalized spacial score (nSPS) is 12.5. The lowest BCUT2D eigenvalue weighted by molar-refractivity contribution is -0.0437. The van der Waals surface area contributed by atoms with Crippen LogP contribution in [0.2, 0.25) is 0 Å². The van der Waals surface area contributed by atoms with Gasteiger partial charge in [-0.05, 0) is 19.1 Å². The zero-order valence-electron chi connectivity index (χ0n) is 8.38. The summed E-state index contributed by atoms with van der Waals surface area (Å²) in [5, 5.41) is 0. The molecule has 0 spiro atoms. The number of hydrogen-bond acceptors (Lipinski definition) is 3. The predicted molar refractivity (Wildman–Crippen MR) is 49.6 cm³/mol. The van der Waals surface area contributed by atoms with Gasteiger partial charge in [-0.25, -0.2) is 12.8 Å². The van der Waals surface area contributed by atoms with E-state index in [1.807, 2.05) is 0 Å². The molecule has 0 atom stereocenters. The number of halogens is 4. The number of rotatable bonds is 2. The van der Waals surface area contributed by atoms with E-state index in [1.54, 1.807) is 0 Å². The van der Waals surface area contributed by atoms with Gasteiger partial charge in [-0.2, -0.15) is 13.2 Å². The highest BCUT2D eigenvalue weighted by Gasteiger charge is 2.48. The molecule has 0 aromatic heterocycles. The van der Waals surface area contributed by atoms with E-state index in [2.05, 4.69) is 0 Å². The van der Waals surface area contributed by atoms with Gasteiger partial charge in [-0.15, -0.1) is 0 Å². The van der Waals surface area contributed by atoms with Crippen molar-refractivity contribution in [3.05, 3.63) is 29.6 Å². The largest absolute Gasteiger partial charge is 0.502 e. The lowest BCUT2D eigenvalue weighted by Gasteiger charge is -2.10. The summed E-state index contributed by atoms with van der Waals surface area (Å²) < 4.78 is 72.0. The number of carbonyl (C=O) groups is 1. The highest BCUT2D eigenvalue weighted by atomic mass is 32.2. The van der Waals surface area contributed by atoms with E-state index >= 15 is 0 Å². The molecule has 0 aliphatic rings. The summed E-state index contributed by atoms with van der Waals surface area (Å²) >= 11 is 0. The van der Waals surface area contributed by atoms with Gasteiger partial charge in [-0.3, -0.25) is 4.79 Å². The molecule has 0 bridgehead atoms. The van der Waals surface area contributed by atoms with Gasteiger partial charge in [0.25, 0.3) is 9.84 Å². The Morgan fingerprint density at radius 3 is 2.18 bits per heavy atom. The second-order valence-electron chi connectivity index (χ2n) is 3.12. The molecule has 0 aliphatic carbocycles. The Morgan fingerprint density at radius 1 is 1.24 bits per heavy atom. The monoisotopic (exact) mass is 270 g/mol. The predicted octanol–water partition coefficient (Wildman–Crippen LogP) is 2.32. The van der Waals surface area contributed by atoms with E-state index in [4.69, 9.17) is 0 Å². The van der Waals surface area contributed by atoms with E-state index in [0.717, 1.165) is 19.1 Å². The minimum atomic E-state index is -5.79. The fourth-order valence-corrected chi connectivity index (χ4v) is 1.97. The highest BCUT2D eigenvalue weighted by molar-refractivity contribution is 7.92. The number of alkyl halides is 3. The van der Waals surface area contributed by atoms with Gasteiger partial charge in [0, 0.05) is 0 Å². The molecule has 0 unspecified atom stereocenters. The zero-order valence-corrected chi connectivity index (χ0v) is 9.19. The molecule has 3 nitrogen and oxygen atoms in total. The summed E-state index contributed by atoms with van der Waals surface area (Å²) in [6.45, 7) is 0.919. The molecular formula is C9H6F4O3S. The summed E-state index contributed by atoms with van der Waals surface area (Å²) in [6, 6.07) is 2.25. The molecule has 1 aromatic rings. The summed E-state index contributed by atoms with van der Waals surface area (Å²) in [6.07, 6.45) is 0. The average molecular weight is 270 g/mol. The molecule has 0 saturated carbocycles. The summed E-state index contributed by atoms with van der Waals surface area (Å²) in [4.78, 5) is 9.34. The van der Waals surface area contributed by atoms with Crippen molar-refractivity contribution in [3.8, 4) is 0 Å². The molecule has 0 amide bonds. The molecule has 8 heteroatoms. The van der Waals surface area contributed by atoms with E-state index in [-0.39, 0.29) is 0 Å². The number of carbonyl (C=O) groups excluding carboxylic acids is 1. The molecular weight excluding hydrogens is 264 g/mol. The van der Waals surface area contributed by atoms with Crippen molar-refractivity contribution in [2.75, 3.05) is 0 Å². The molecule has 1 aromatic carbocycles. The second-order valence-corrected chi connectivity index (χ2v) is 5.03. The summed E-state index contributed by atoms with van der Waals surface area (Å²) in [5.74, 6) is -2.54. The fraction of sp³-hybridized carbons (Fsp3) is 0.222. The van der Waals surface area contributed by atoms with Crippen LogP contribution in [0, 0.1) is 5.82 Å². The van der Waals surface area contributed by atoms with Gasteiger partial charge >= 0.3 is 5.51 Å². The average Bonchev–Trinajstić information content (AvgIpc) is 2.15. The number of benzene rings is 1. The van der Waals surface area contributed by atoms with Crippen molar-refractivity contribution in [3.63, 3.8) is 0 Å². The Bertz CT molecular complexity index is 560. The molecule has 0 aliphatic heterocycles. The third kappa shape index (κ3) is 2.31. The van der Waals surface area contributed by atoms with Crippen molar-refractivity contribution < 1.29 is 30.8 Å². The molecule has 1 rings (SSSR count). The van der Waals surface area contributed by atoms with E-state index in [0.29, 0.717) is 6.07 Å². The standard InChI is InChI=1S/C9H6F4O3S/c1-5(14)6-3-2-4-7(8(6)10)17(15,16)9(11,12)13/h2-4H,1H3. The first kappa shape index (κ1) is 13.6. The maximum Gasteiger partial charge on any atom is 0.502 e. The van der Waals surface area contributed by atoms with Gasteiger partial charge in [0.2, 0.25) is 0 Å². The smallest absolute Gasteiger partial charge is 0.294 e. The first-order valence-electron chi connectivity index (χ1n) is 4.20. The third-order valence-corrected chi connectivity index (χ3v) is 3.44. The first-order chi connectivity index (χ1) is 7.59. The number of Topliss-reactive ketones (excluding diaryl/α,β-unsaturated/α-hetero) is 1. The SMILES string of the molecule is CC(=O)c1cccc(S(=O)(=O)C(F)(F)F)c1F. The minimum Gasteiger partial charge on any atom is -0.294 e. The van der Waals surface area contributed by atoms with E-state index in [9.17, 15) is 30.8 Å². The molecule has 94 valence electrons. The summed E-state index contributed by atoms with van der Waals surface area (Å²) in [5.41, 5.74) is -6.31. The van der Waals surface area contributed by atoms with Crippen LogP contribution >= 0.6 is 0 Å². The molecule has 17 heavy (non-hydrogen) atoms. The van der Waals surface area contributed by atoms with E-state index in [1.165, 1.54) is 0 Å². The first-order valence-corrected chi connectivity index (χ1v) is 5.68. The van der Waals surface area contributed by atoms with Gasteiger partial charge in [-0.1, -0.05) is 6.07 Å². The van der Waals surface area contributed by atoms with Crippen molar-refractivity contribution in [2.24, 2.45) is 0 Å². The Kier molecular flexibility index (Phi) is 3.28. The topological polar surface area (TPSA) is 51.2 Å². The van der Waals surface area contributed by atoms with E-state index < -0.39 is 37.4 Å². The van der Waals surface area contributed by atoms with Crippen molar-refractivity contribution in [1.82, 2.24) is 0 Å². The lowest BCUT2D eigenvalue weighted by atomic mass is 10.1. The van der Waals surface area contributed by atoms with Crippen LogP contribution in [0.1, 0.15) is 17.3 Å². The van der Waals surface area contributed by atoms with Gasteiger partial charge < -0.3 is 0 Å². The van der Waals surface area contributed by atoms with Crippen LogP contribution in [0.5, 0.6) is 0 Å². The molecule has 0 fully saturated rings. The lowest BCUT2D eigenvalue weighted by Crippen LogP contribution is -2.24. The maximum absolute atomic E-state index is 13.4. The fourth-order valence-electron chi connectivity index (χ4n) is 1.11. The Morgan fingerprint density at radius 2 is 1.76 bits per heavy atom. The molecule has 0 radical (unpaired) electrons. The van der Waals surface area contributed by atoms with Crippen molar-refractivity contribution in [1.29, 1.82) is 0 Å². The van der Waals surface area contributed by atoms with Crippen molar-refractivity contribution >= 4 is 15.6 Å². The van der Waals surface area contributed by atoms with Gasteiger partial charge in [0.05, 0.1) is 5.56 Å². The Hall–Kier alpha value is -1.44. The quantitative estimate of drug-likeness (QED) is 0.612. The molecule has 0 heterocycles. The van der Waals surface area contributed by atoms with Crippen molar-refractivity contribution in [2.45, 2.75) is 17.3 Å². The van der Waals surface area contributed by atoms with Gasteiger partial charge in [0.1, 0.15) is 4.90 Å². The third-order valence-electron chi connectivity index (χ3n) is 1.94. The van der Waals surface area contributed by atoms with Crippen LogP contribution in [-0.2, 0) is 9.84 Å². The number of hydrogen-bond donors (Lipinski definition) is 0. The zero-order chi connectivity index (χ0) is 13.4. The summed E-state index contributed by atoms with van der Waals surface area (Å²) in [7, 11) is -5.79. The second kappa shape index (κ2) is 4.10. The van der Waals surface area contributed by atoms with Crippen LogP contribution in [0.3, 0.4) is 0 Å². The Labute approximate surface area is 94.0 Å². The highest BCUT2D eigenvalue weighted by Crippen LogP contribution is 2.32. The number of sulfone groups is 1. The molecule has 0 N–H and O–H groups in total. The number of ketones is 1. The van der Waals surface area contributed by atoms with Crippen LogP contribution in [-0.4, -0.2) is 19.7 Å². The van der Waals surface area contributed by atoms with Gasteiger partial charge in [0.15, 0.2) is 11.6 Å². The minimum absolute atomic E-state index is 0.463. The van der Waals surface area contributed by atoms with Crippen LogP contribution in [0.15, 0.2) is 23.1 Å². The molecule has 0 saturated heterocycles. The Balaban J connectivity index is 3.56. The van der Waals surface area contributed by atoms with Crippen LogP contribution < -0.4 is 0 Å². The van der Waals surface area contributed by atoms with Crippen LogP contribution in [0.25, 0.3) is 0 Å².